The third-order valence-corrected chi connectivity index (χ3v) is 3.06. The van der Waals surface area contributed by atoms with Crippen LogP contribution in [0.5, 0.6) is 0 Å². The first kappa shape index (κ1) is 12.4. The third kappa shape index (κ3) is 3.00. The van der Waals surface area contributed by atoms with E-state index >= 15 is 0 Å². The first-order chi connectivity index (χ1) is 7.97. The van der Waals surface area contributed by atoms with Crippen molar-refractivity contribution in [3.05, 3.63) is 34.9 Å². The number of hydrogen-bond acceptors (Lipinski definition) is 1. The molecule has 94 valence electrons. The highest BCUT2D eigenvalue weighted by molar-refractivity contribution is 5.33. The van der Waals surface area contributed by atoms with Gasteiger partial charge in [-0.25, -0.2) is 0 Å². The van der Waals surface area contributed by atoms with Gasteiger partial charge in [0.15, 0.2) is 0 Å². The smallest absolute Gasteiger partial charge is 0.381 e. The number of rotatable bonds is 1. The van der Waals surface area contributed by atoms with E-state index in [1.165, 1.54) is 12.1 Å². The summed E-state index contributed by atoms with van der Waals surface area (Å²) in [6, 6.07) is 4.27. The molecule has 0 bridgehead atoms. The van der Waals surface area contributed by atoms with Gasteiger partial charge in [-0.2, -0.15) is 13.2 Å². The van der Waals surface area contributed by atoms with Gasteiger partial charge in [0.05, 0.1) is 12.2 Å². The molecular formula is C13H15F3O. The van der Waals surface area contributed by atoms with Gasteiger partial charge in [0.1, 0.15) is 0 Å². The van der Waals surface area contributed by atoms with Crippen molar-refractivity contribution in [2.75, 3.05) is 13.2 Å². The Bertz CT molecular complexity index is 392. The summed E-state index contributed by atoms with van der Waals surface area (Å²) < 4.78 is 43.4. The zero-order valence-electron chi connectivity index (χ0n) is 9.68. The molecule has 17 heavy (non-hydrogen) atoms. The van der Waals surface area contributed by atoms with E-state index in [2.05, 4.69) is 0 Å². The maximum Gasteiger partial charge on any atom is 0.416 e. The van der Waals surface area contributed by atoms with Crippen molar-refractivity contribution < 1.29 is 17.9 Å². The summed E-state index contributed by atoms with van der Waals surface area (Å²) in [5.41, 5.74) is 0.843. The Hall–Kier alpha value is -1.03. The van der Waals surface area contributed by atoms with Crippen LogP contribution < -0.4 is 0 Å². The van der Waals surface area contributed by atoms with Crippen LogP contribution in [0.2, 0.25) is 0 Å². The lowest BCUT2D eigenvalue weighted by Crippen LogP contribution is -2.16. The number of aryl methyl sites for hydroxylation is 1. The van der Waals surface area contributed by atoms with Crippen LogP contribution >= 0.6 is 0 Å². The lowest BCUT2D eigenvalue weighted by molar-refractivity contribution is -0.137. The molecular weight excluding hydrogens is 229 g/mol. The molecule has 1 fully saturated rings. The van der Waals surface area contributed by atoms with Crippen LogP contribution in [0.25, 0.3) is 0 Å². The molecule has 2 rings (SSSR count). The Balaban J connectivity index is 2.31. The molecule has 0 saturated carbocycles. The number of alkyl halides is 3. The first-order valence-electron chi connectivity index (χ1n) is 5.73. The molecule has 4 heteroatoms. The quantitative estimate of drug-likeness (QED) is 0.727. The summed E-state index contributed by atoms with van der Waals surface area (Å²) in [7, 11) is 0. The summed E-state index contributed by atoms with van der Waals surface area (Å²) >= 11 is 0. The Labute approximate surface area is 98.6 Å². The summed E-state index contributed by atoms with van der Waals surface area (Å²) in [6.07, 6.45) is -2.45. The van der Waals surface area contributed by atoms with Gasteiger partial charge >= 0.3 is 6.18 Å². The minimum Gasteiger partial charge on any atom is -0.381 e. The van der Waals surface area contributed by atoms with Crippen molar-refractivity contribution in [2.24, 2.45) is 0 Å². The fourth-order valence-electron chi connectivity index (χ4n) is 2.22. The van der Waals surface area contributed by atoms with Crippen LogP contribution in [0.4, 0.5) is 13.2 Å². The highest BCUT2D eigenvalue weighted by Crippen LogP contribution is 2.34. The molecule has 0 N–H and O–H groups in total. The van der Waals surface area contributed by atoms with Gasteiger partial charge in [0.2, 0.25) is 0 Å². The number of hydrogen-bond donors (Lipinski definition) is 0. The van der Waals surface area contributed by atoms with Crippen molar-refractivity contribution in [3.8, 4) is 0 Å². The minimum absolute atomic E-state index is 0.102. The second-order valence-corrected chi connectivity index (χ2v) is 4.54. The standard InChI is InChI=1S/C13H15F3O/c1-9-5-11(10-3-2-4-17-8-10)7-12(6-9)13(14,15)16/h5-7,10H,2-4,8H2,1H3. The van der Waals surface area contributed by atoms with E-state index in [4.69, 9.17) is 4.74 Å². The predicted molar refractivity (Wildman–Crippen MR) is 59.0 cm³/mol. The lowest BCUT2D eigenvalue weighted by atomic mass is 9.91. The average Bonchev–Trinajstić information content (AvgIpc) is 2.28. The first-order valence-corrected chi connectivity index (χ1v) is 5.73. The largest absolute Gasteiger partial charge is 0.416 e. The highest BCUT2D eigenvalue weighted by Gasteiger charge is 2.31. The molecule has 0 spiro atoms. The van der Waals surface area contributed by atoms with Crippen LogP contribution in [-0.4, -0.2) is 13.2 Å². The molecule has 1 unspecified atom stereocenters. The second-order valence-electron chi connectivity index (χ2n) is 4.54. The van der Waals surface area contributed by atoms with Gasteiger partial charge in [-0.05, 0) is 37.5 Å². The van der Waals surface area contributed by atoms with Crippen molar-refractivity contribution in [3.63, 3.8) is 0 Å². The predicted octanol–water partition coefficient (Wildman–Crippen LogP) is 3.91. The molecule has 1 saturated heterocycles. The zero-order valence-corrected chi connectivity index (χ0v) is 9.68. The molecule has 0 amide bonds. The summed E-state index contributed by atoms with van der Waals surface area (Å²) in [4.78, 5) is 0. The van der Waals surface area contributed by atoms with Crippen LogP contribution in [0.3, 0.4) is 0 Å². The maximum absolute atomic E-state index is 12.7. The van der Waals surface area contributed by atoms with Crippen LogP contribution in [0.15, 0.2) is 18.2 Å². The van der Waals surface area contributed by atoms with Crippen molar-refractivity contribution in [2.45, 2.75) is 31.9 Å². The monoisotopic (exact) mass is 244 g/mol. The molecule has 0 aromatic heterocycles. The van der Waals surface area contributed by atoms with Gasteiger partial charge in [0.25, 0.3) is 0 Å². The molecule has 1 aromatic rings. The molecule has 0 aliphatic carbocycles. The minimum atomic E-state index is -4.27. The number of ether oxygens (including phenoxy) is 1. The summed E-state index contributed by atoms with van der Waals surface area (Å²) in [6.45, 7) is 2.94. The van der Waals surface area contributed by atoms with Gasteiger partial charge in [-0.1, -0.05) is 11.6 Å². The van der Waals surface area contributed by atoms with E-state index in [0.717, 1.165) is 18.4 Å². The third-order valence-electron chi connectivity index (χ3n) is 3.06. The maximum atomic E-state index is 12.7. The Morgan fingerprint density at radius 2 is 2.00 bits per heavy atom. The zero-order chi connectivity index (χ0) is 12.5. The Kier molecular flexibility index (Phi) is 3.43. The Morgan fingerprint density at radius 3 is 2.59 bits per heavy atom. The summed E-state index contributed by atoms with van der Waals surface area (Å²) in [5, 5.41) is 0. The van der Waals surface area contributed by atoms with Crippen molar-refractivity contribution in [1.82, 2.24) is 0 Å². The highest BCUT2D eigenvalue weighted by atomic mass is 19.4. The van der Waals surface area contributed by atoms with E-state index in [-0.39, 0.29) is 5.92 Å². The van der Waals surface area contributed by atoms with E-state index in [1.807, 2.05) is 6.07 Å². The van der Waals surface area contributed by atoms with Gasteiger partial charge in [-0.3, -0.25) is 0 Å². The number of halogens is 3. The van der Waals surface area contributed by atoms with E-state index < -0.39 is 11.7 Å². The van der Waals surface area contributed by atoms with Crippen molar-refractivity contribution in [1.29, 1.82) is 0 Å². The van der Waals surface area contributed by atoms with Gasteiger partial charge < -0.3 is 4.74 Å². The molecule has 1 aliphatic rings. The normalized spacial score (nSPS) is 21.5. The SMILES string of the molecule is Cc1cc(C2CCCOC2)cc(C(F)(F)F)c1. The van der Waals surface area contributed by atoms with Crippen LogP contribution in [0.1, 0.15) is 35.4 Å². The number of benzene rings is 1. The van der Waals surface area contributed by atoms with Crippen LogP contribution in [-0.2, 0) is 10.9 Å². The summed E-state index contributed by atoms with van der Waals surface area (Å²) in [5.74, 6) is 0.102. The molecule has 0 radical (unpaired) electrons. The van der Waals surface area contributed by atoms with E-state index in [9.17, 15) is 13.2 Å². The van der Waals surface area contributed by atoms with Gasteiger partial charge in [-0.15, -0.1) is 0 Å². The van der Waals surface area contributed by atoms with E-state index in [0.29, 0.717) is 18.8 Å². The fraction of sp³-hybridized carbons (Fsp3) is 0.538. The second kappa shape index (κ2) is 4.69. The Morgan fingerprint density at radius 1 is 1.24 bits per heavy atom. The molecule has 1 atom stereocenters. The fourth-order valence-corrected chi connectivity index (χ4v) is 2.22. The van der Waals surface area contributed by atoms with Crippen molar-refractivity contribution >= 4 is 0 Å². The van der Waals surface area contributed by atoms with Gasteiger partial charge in [0, 0.05) is 12.5 Å². The van der Waals surface area contributed by atoms with Crippen LogP contribution in [0, 0.1) is 6.92 Å². The van der Waals surface area contributed by atoms with E-state index in [1.54, 1.807) is 6.92 Å². The molecule has 1 heterocycles. The molecule has 1 aromatic carbocycles. The average molecular weight is 244 g/mol. The topological polar surface area (TPSA) is 9.23 Å². The lowest BCUT2D eigenvalue weighted by Gasteiger charge is -2.23. The molecule has 1 aliphatic heterocycles. The molecule has 1 nitrogen and oxygen atoms in total.